The number of carbonyl (C=O) groups is 2. The van der Waals surface area contributed by atoms with Crippen molar-refractivity contribution < 1.29 is 9.59 Å². The first-order chi connectivity index (χ1) is 16.2. The average molecular weight is 447 g/mol. The summed E-state index contributed by atoms with van der Waals surface area (Å²) in [6.45, 7) is 4.51. The van der Waals surface area contributed by atoms with Gasteiger partial charge in [0.15, 0.2) is 0 Å². The summed E-state index contributed by atoms with van der Waals surface area (Å²) < 4.78 is 0. The SMILES string of the molecule is CCCCCCCCC1(CCCCCCCC)c2cc(C=O)ccc2-c2cccc(C=O)c21. The van der Waals surface area contributed by atoms with Gasteiger partial charge in [0.2, 0.25) is 0 Å². The highest BCUT2D eigenvalue weighted by Crippen LogP contribution is 2.55. The van der Waals surface area contributed by atoms with Crippen molar-refractivity contribution in [1.82, 2.24) is 0 Å². The van der Waals surface area contributed by atoms with Crippen molar-refractivity contribution in [2.24, 2.45) is 0 Å². The van der Waals surface area contributed by atoms with Crippen molar-refractivity contribution in [3.05, 3.63) is 58.7 Å². The second-order valence-corrected chi connectivity index (χ2v) is 9.93. The van der Waals surface area contributed by atoms with Gasteiger partial charge >= 0.3 is 0 Å². The minimum absolute atomic E-state index is 0.156. The van der Waals surface area contributed by atoms with Crippen LogP contribution in [-0.2, 0) is 5.41 Å². The van der Waals surface area contributed by atoms with Crippen LogP contribution < -0.4 is 0 Å². The lowest BCUT2D eigenvalue weighted by Crippen LogP contribution is -2.27. The van der Waals surface area contributed by atoms with Crippen molar-refractivity contribution >= 4 is 12.6 Å². The van der Waals surface area contributed by atoms with Gasteiger partial charge in [0, 0.05) is 16.5 Å². The zero-order valence-electron chi connectivity index (χ0n) is 20.8. The fourth-order valence-corrected chi connectivity index (χ4v) is 5.89. The van der Waals surface area contributed by atoms with E-state index in [0.29, 0.717) is 0 Å². The van der Waals surface area contributed by atoms with Crippen molar-refractivity contribution in [3.8, 4) is 11.1 Å². The molecule has 1 aliphatic carbocycles. The fourth-order valence-electron chi connectivity index (χ4n) is 5.89. The lowest BCUT2D eigenvalue weighted by molar-refractivity contribution is 0.111. The molecule has 0 aromatic heterocycles. The second-order valence-electron chi connectivity index (χ2n) is 9.93. The van der Waals surface area contributed by atoms with Gasteiger partial charge in [-0.2, -0.15) is 0 Å². The number of hydrogen-bond donors (Lipinski definition) is 0. The predicted molar refractivity (Wildman–Crippen MR) is 139 cm³/mol. The van der Waals surface area contributed by atoms with E-state index in [1.165, 1.54) is 86.5 Å². The Balaban J connectivity index is 1.95. The van der Waals surface area contributed by atoms with Crippen LogP contribution in [0.2, 0.25) is 0 Å². The van der Waals surface area contributed by atoms with Crippen LogP contribution in [0.25, 0.3) is 11.1 Å². The van der Waals surface area contributed by atoms with Crippen LogP contribution >= 0.6 is 0 Å². The molecular weight excluding hydrogens is 404 g/mol. The minimum atomic E-state index is -0.156. The first-order valence-electron chi connectivity index (χ1n) is 13.4. The highest BCUT2D eigenvalue weighted by Gasteiger charge is 2.43. The molecule has 3 rings (SSSR count). The van der Waals surface area contributed by atoms with Crippen LogP contribution in [0.4, 0.5) is 0 Å². The normalized spacial score (nSPS) is 13.5. The van der Waals surface area contributed by atoms with Crippen LogP contribution in [0.3, 0.4) is 0 Å². The van der Waals surface area contributed by atoms with Crippen LogP contribution in [0, 0.1) is 0 Å². The van der Waals surface area contributed by atoms with E-state index in [1.807, 2.05) is 18.2 Å². The standard InChI is InChI=1S/C31H42O2/c1-3-5-7-9-11-13-20-31(21-14-12-10-8-6-4-2)29-22-25(23-32)18-19-27(29)28-17-15-16-26(24-33)30(28)31/h15-19,22-24H,3-14,20-21H2,1-2H3. The van der Waals surface area contributed by atoms with Gasteiger partial charge in [-0.3, -0.25) is 9.59 Å². The average Bonchev–Trinajstić information content (AvgIpc) is 3.13. The summed E-state index contributed by atoms with van der Waals surface area (Å²) in [6, 6.07) is 12.3. The quantitative estimate of drug-likeness (QED) is 0.190. The van der Waals surface area contributed by atoms with E-state index in [9.17, 15) is 9.59 Å². The molecule has 0 spiro atoms. The van der Waals surface area contributed by atoms with Gasteiger partial charge in [0.25, 0.3) is 0 Å². The molecule has 0 atom stereocenters. The van der Waals surface area contributed by atoms with Crippen molar-refractivity contribution in [2.45, 2.75) is 109 Å². The van der Waals surface area contributed by atoms with E-state index in [2.05, 4.69) is 32.0 Å². The van der Waals surface area contributed by atoms with Crippen LogP contribution in [0.5, 0.6) is 0 Å². The Kier molecular flexibility index (Phi) is 9.91. The highest BCUT2D eigenvalue weighted by atomic mass is 16.1. The van der Waals surface area contributed by atoms with Gasteiger partial charge in [-0.15, -0.1) is 0 Å². The number of carbonyl (C=O) groups excluding carboxylic acids is 2. The third-order valence-electron chi connectivity index (χ3n) is 7.60. The maximum atomic E-state index is 12.2. The summed E-state index contributed by atoms with van der Waals surface area (Å²) in [7, 11) is 0. The first-order valence-corrected chi connectivity index (χ1v) is 13.4. The molecule has 0 heterocycles. The summed E-state index contributed by atoms with van der Waals surface area (Å²) in [6.07, 6.45) is 19.3. The third-order valence-corrected chi connectivity index (χ3v) is 7.60. The molecule has 0 saturated heterocycles. The summed E-state index contributed by atoms with van der Waals surface area (Å²) in [5.74, 6) is 0. The molecule has 0 unspecified atom stereocenters. The van der Waals surface area contributed by atoms with E-state index >= 15 is 0 Å². The molecule has 0 N–H and O–H groups in total. The van der Waals surface area contributed by atoms with E-state index in [4.69, 9.17) is 0 Å². The van der Waals surface area contributed by atoms with Crippen molar-refractivity contribution in [2.75, 3.05) is 0 Å². The summed E-state index contributed by atoms with van der Waals surface area (Å²) in [4.78, 5) is 23.8. The van der Waals surface area contributed by atoms with Gasteiger partial charge in [0.05, 0.1) is 0 Å². The van der Waals surface area contributed by atoms with E-state index in [0.717, 1.165) is 49.4 Å². The lowest BCUT2D eigenvalue weighted by atomic mass is 9.69. The predicted octanol–water partition coefficient (Wildman–Crippen LogP) is 9.08. The summed E-state index contributed by atoms with van der Waals surface area (Å²) >= 11 is 0. The molecule has 0 amide bonds. The molecule has 178 valence electrons. The van der Waals surface area contributed by atoms with E-state index < -0.39 is 0 Å². The van der Waals surface area contributed by atoms with E-state index in [-0.39, 0.29) is 5.41 Å². The molecule has 2 nitrogen and oxygen atoms in total. The second kappa shape index (κ2) is 12.9. The Labute approximate surface area is 201 Å². The Morgan fingerprint density at radius 1 is 0.667 bits per heavy atom. The number of hydrogen-bond acceptors (Lipinski definition) is 2. The van der Waals surface area contributed by atoms with Gasteiger partial charge in [-0.05, 0) is 41.2 Å². The Morgan fingerprint density at radius 3 is 1.85 bits per heavy atom. The number of benzene rings is 2. The van der Waals surface area contributed by atoms with Gasteiger partial charge in [0.1, 0.15) is 12.6 Å². The van der Waals surface area contributed by atoms with Crippen molar-refractivity contribution in [1.29, 1.82) is 0 Å². The Morgan fingerprint density at radius 2 is 1.27 bits per heavy atom. The first kappa shape index (κ1) is 25.4. The lowest BCUT2D eigenvalue weighted by Gasteiger charge is -2.34. The number of unbranched alkanes of at least 4 members (excludes halogenated alkanes) is 10. The molecule has 0 saturated carbocycles. The third kappa shape index (κ3) is 5.83. The van der Waals surface area contributed by atoms with Gasteiger partial charge in [-0.25, -0.2) is 0 Å². The number of fused-ring (bicyclic) bond motifs is 3. The zero-order chi connectivity index (χ0) is 23.5. The molecule has 33 heavy (non-hydrogen) atoms. The van der Waals surface area contributed by atoms with Crippen molar-refractivity contribution in [3.63, 3.8) is 0 Å². The van der Waals surface area contributed by atoms with Crippen LogP contribution in [0.1, 0.15) is 136 Å². The van der Waals surface area contributed by atoms with Gasteiger partial charge in [-0.1, -0.05) is 121 Å². The monoisotopic (exact) mass is 446 g/mol. The Hall–Kier alpha value is -2.22. The van der Waals surface area contributed by atoms with E-state index in [1.54, 1.807) is 0 Å². The summed E-state index contributed by atoms with van der Waals surface area (Å²) in [5.41, 5.74) is 6.33. The molecular formula is C31H42O2. The largest absolute Gasteiger partial charge is 0.298 e. The minimum Gasteiger partial charge on any atom is -0.298 e. The highest BCUT2D eigenvalue weighted by molar-refractivity contribution is 5.91. The van der Waals surface area contributed by atoms with Gasteiger partial charge < -0.3 is 0 Å². The fraction of sp³-hybridized carbons (Fsp3) is 0.548. The maximum absolute atomic E-state index is 12.2. The molecule has 0 aliphatic heterocycles. The Bertz CT molecular complexity index is 895. The number of aldehydes is 2. The van der Waals surface area contributed by atoms with Crippen LogP contribution in [-0.4, -0.2) is 12.6 Å². The summed E-state index contributed by atoms with van der Waals surface area (Å²) in [5, 5.41) is 0. The number of rotatable bonds is 16. The molecule has 1 aliphatic rings. The van der Waals surface area contributed by atoms with Crippen LogP contribution in [0.15, 0.2) is 36.4 Å². The molecule has 2 aromatic carbocycles. The topological polar surface area (TPSA) is 34.1 Å². The molecule has 0 fully saturated rings. The smallest absolute Gasteiger partial charge is 0.150 e. The molecule has 0 radical (unpaired) electrons. The zero-order valence-corrected chi connectivity index (χ0v) is 20.8. The molecule has 0 bridgehead atoms. The molecule has 2 heteroatoms. The molecule has 2 aromatic rings. The maximum Gasteiger partial charge on any atom is 0.150 e.